The van der Waals surface area contributed by atoms with E-state index in [0.717, 1.165) is 28.2 Å². The van der Waals surface area contributed by atoms with E-state index in [9.17, 15) is 15.0 Å². The highest BCUT2D eigenvalue weighted by molar-refractivity contribution is 5.82. The van der Waals surface area contributed by atoms with Gasteiger partial charge in [0.15, 0.2) is 0 Å². The third-order valence-electron chi connectivity index (χ3n) is 5.07. The van der Waals surface area contributed by atoms with Gasteiger partial charge >= 0.3 is 0 Å². The number of carbonyl (C=O) groups is 1. The lowest BCUT2D eigenvalue weighted by Crippen LogP contribution is -2.37. The smallest absolute Gasteiger partial charge is 0.228 e. The first kappa shape index (κ1) is 20.0. The first-order valence-electron chi connectivity index (χ1n) is 9.49. The molecule has 6 heteroatoms. The summed E-state index contributed by atoms with van der Waals surface area (Å²) >= 11 is 0. The lowest BCUT2D eigenvalue weighted by atomic mass is 10.0. The summed E-state index contributed by atoms with van der Waals surface area (Å²) in [5.41, 5.74) is 6.85. The summed E-state index contributed by atoms with van der Waals surface area (Å²) in [6, 6.07) is 10.2. The molecule has 2 heterocycles. The molecule has 1 amide bonds. The van der Waals surface area contributed by atoms with Gasteiger partial charge in [-0.1, -0.05) is 12.1 Å². The van der Waals surface area contributed by atoms with Crippen LogP contribution in [0, 0.1) is 20.8 Å². The second-order valence-corrected chi connectivity index (χ2v) is 7.14. The van der Waals surface area contributed by atoms with Crippen LogP contribution in [0.4, 0.5) is 0 Å². The first-order valence-corrected chi connectivity index (χ1v) is 9.49. The standard InChI is InChI=1S/C22H27N3O3/c1-15-6-7-25-19(14-21(28)24(8-10-26)9-11-27)22(23-20(25)12-15)18-5-4-16(2)17(3)13-18/h4-7,12-13,26-27H,8-11,14H2,1-3H3. The van der Waals surface area contributed by atoms with Gasteiger partial charge in [0, 0.05) is 24.8 Å². The molecule has 0 bridgehead atoms. The lowest BCUT2D eigenvalue weighted by Gasteiger charge is -2.21. The number of fused-ring (bicyclic) bond motifs is 1. The summed E-state index contributed by atoms with van der Waals surface area (Å²) in [5.74, 6) is -0.143. The number of aliphatic hydroxyl groups excluding tert-OH is 2. The maximum atomic E-state index is 12.9. The number of imidazole rings is 1. The number of carbonyl (C=O) groups excluding carboxylic acids is 1. The van der Waals surface area contributed by atoms with Crippen molar-refractivity contribution in [3.63, 3.8) is 0 Å². The Balaban J connectivity index is 2.08. The Morgan fingerprint density at radius 1 is 1.04 bits per heavy atom. The van der Waals surface area contributed by atoms with Crippen molar-refractivity contribution in [3.05, 3.63) is 58.9 Å². The minimum absolute atomic E-state index is 0.137. The van der Waals surface area contributed by atoms with Crippen LogP contribution in [0.1, 0.15) is 22.4 Å². The molecule has 0 aliphatic heterocycles. The Labute approximate surface area is 165 Å². The number of aromatic nitrogens is 2. The lowest BCUT2D eigenvalue weighted by molar-refractivity contribution is -0.131. The van der Waals surface area contributed by atoms with Crippen LogP contribution in [-0.4, -0.2) is 56.7 Å². The highest BCUT2D eigenvalue weighted by Crippen LogP contribution is 2.27. The quantitative estimate of drug-likeness (QED) is 0.658. The van der Waals surface area contributed by atoms with Crippen molar-refractivity contribution < 1.29 is 15.0 Å². The first-order chi connectivity index (χ1) is 13.4. The van der Waals surface area contributed by atoms with Gasteiger partial charge in [-0.2, -0.15) is 0 Å². The summed E-state index contributed by atoms with van der Waals surface area (Å²) in [6.45, 7) is 6.28. The minimum Gasteiger partial charge on any atom is -0.395 e. The van der Waals surface area contributed by atoms with Crippen LogP contribution >= 0.6 is 0 Å². The van der Waals surface area contributed by atoms with Crippen molar-refractivity contribution >= 4 is 11.6 Å². The predicted octanol–water partition coefficient (Wildman–Crippen LogP) is 2.28. The number of hydrogen-bond acceptors (Lipinski definition) is 4. The highest BCUT2D eigenvalue weighted by Gasteiger charge is 2.20. The molecular weight excluding hydrogens is 354 g/mol. The van der Waals surface area contributed by atoms with E-state index in [2.05, 4.69) is 26.0 Å². The van der Waals surface area contributed by atoms with Gasteiger partial charge in [0.1, 0.15) is 5.65 Å². The molecule has 0 spiro atoms. The molecule has 0 unspecified atom stereocenters. The van der Waals surface area contributed by atoms with Crippen molar-refractivity contribution in [2.75, 3.05) is 26.3 Å². The molecule has 2 aromatic heterocycles. The van der Waals surface area contributed by atoms with E-state index in [4.69, 9.17) is 4.98 Å². The van der Waals surface area contributed by atoms with Crippen molar-refractivity contribution in [1.29, 1.82) is 0 Å². The Morgan fingerprint density at radius 3 is 2.39 bits per heavy atom. The molecule has 0 aliphatic rings. The van der Waals surface area contributed by atoms with Gasteiger partial charge < -0.3 is 19.5 Å². The molecule has 3 aromatic rings. The molecule has 0 saturated carbocycles. The van der Waals surface area contributed by atoms with Crippen LogP contribution in [0.3, 0.4) is 0 Å². The molecule has 6 nitrogen and oxygen atoms in total. The fraction of sp³-hybridized carbons (Fsp3) is 0.364. The summed E-state index contributed by atoms with van der Waals surface area (Å²) in [7, 11) is 0. The minimum atomic E-state index is -0.143. The number of aliphatic hydroxyl groups is 2. The van der Waals surface area contributed by atoms with E-state index in [0.29, 0.717) is 0 Å². The monoisotopic (exact) mass is 381 g/mol. The number of hydrogen-bond donors (Lipinski definition) is 2. The van der Waals surface area contributed by atoms with E-state index in [1.807, 2.05) is 35.7 Å². The SMILES string of the molecule is Cc1ccn2c(CC(=O)N(CCO)CCO)c(-c3ccc(C)c(C)c3)nc2c1. The van der Waals surface area contributed by atoms with Gasteiger partial charge in [0.2, 0.25) is 5.91 Å². The summed E-state index contributed by atoms with van der Waals surface area (Å²) in [4.78, 5) is 19.2. The number of amides is 1. The molecule has 0 saturated heterocycles. The Bertz CT molecular complexity index is 988. The molecule has 0 aliphatic carbocycles. The summed E-state index contributed by atoms with van der Waals surface area (Å²) in [5, 5.41) is 18.5. The van der Waals surface area contributed by atoms with E-state index in [1.165, 1.54) is 16.0 Å². The van der Waals surface area contributed by atoms with Crippen LogP contribution in [0.2, 0.25) is 0 Å². The number of pyridine rings is 1. The van der Waals surface area contributed by atoms with Gasteiger partial charge in [0.05, 0.1) is 31.0 Å². The maximum Gasteiger partial charge on any atom is 0.228 e. The van der Waals surface area contributed by atoms with Crippen LogP contribution < -0.4 is 0 Å². The number of benzene rings is 1. The molecule has 0 radical (unpaired) electrons. The molecule has 0 fully saturated rings. The van der Waals surface area contributed by atoms with Crippen LogP contribution in [0.25, 0.3) is 16.9 Å². The van der Waals surface area contributed by atoms with Crippen molar-refractivity contribution in [3.8, 4) is 11.3 Å². The summed E-state index contributed by atoms with van der Waals surface area (Å²) < 4.78 is 1.95. The molecule has 2 N–H and O–H groups in total. The molecule has 148 valence electrons. The Morgan fingerprint density at radius 2 is 1.75 bits per heavy atom. The van der Waals surface area contributed by atoms with E-state index >= 15 is 0 Å². The normalized spacial score (nSPS) is 11.2. The van der Waals surface area contributed by atoms with Crippen molar-refractivity contribution in [1.82, 2.24) is 14.3 Å². The third kappa shape index (κ3) is 4.08. The highest BCUT2D eigenvalue weighted by atomic mass is 16.3. The number of rotatable bonds is 7. The molecule has 3 rings (SSSR count). The molecule has 1 aromatic carbocycles. The average Bonchev–Trinajstić information content (AvgIpc) is 3.01. The van der Waals surface area contributed by atoms with Gasteiger partial charge in [-0.05, 0) is 55.7 Å². The van der Waals surface area contributed by atoms with Crippen molar-refractivity contribution in [2.45, 2.75) is 27.2 Å². The van der Waals surface area contributed by atoms with Gasteiger partial charge in [0.25, 0.3) is 0 Å². The predicted molar refractivity (Wildman–Crippen MR) is 109 cm³/mol. The van der Waals surface area contributed by atoms with E-state index in [1.54, 1.807) is 0 Å². The van der Waals surface area contributed by atoms with Gasteiger partial charge in [-0.25, -0.2) is 4.98 Å². The van der Waals surface area contributed by atoms with Crippen LogP contribution in [-0.2, 0) is 11.2 Å². The third-order valence-corrected chi connectivity index (χ3v) is 5.07. The topological polar surface area (TPSA) is 78.1 Å². The number of aryl methyl sites for hydroxylation is 3. The second kappa shape index (κ2) is 8.54. The van der Waals surface area contributed by atoms with Gasteiger partial charge in [-0.3, -0.25) is 4.79 Å². The second-order valence-electron chi connectivity index (χ2n) is 7.14. The largest absolute Gasteiger partial charge is 0.395 e. The molecular formula is C22H27N3O3. The Hall–Kier alpha value is -2.70. The fourth-order valence-electron chi connectivity index (χ4n) is 3.34. The van der Waals surface area contributed by atoms with E-state index < -0.39 is 0 Å². The fourth-order valence-corrected chi connectivity index (χ4v) is 3.34. The van der Waals surface area contributed by atoms with Crippen LogP contribution in [0.15, 0.2) is 36.5 Å². The molecule has 0 atom stereocenters. The zero-order chi connectivity index (χ0) is 20.3. The van der Waals surface area contributed by atoms with Gasteiger partial charge in [-0.15, -0.1) is 0 Å². The number of nitrogens with zero attached hydrogens (tertiary/aromatic N) is 3. The van der Waals surface area contributed by atoms with Crippen LogP contribution in [0.5, 0.6) is 0 Å². The Kier molecular flexibility index (Phi) is 6.11. The van der Waals surface area contributed by atoms with E-state index in [-0.39, 0.29) is 38.6 Å². The average molecular weight is 381 g/mol. The molecule has 28 heavy (non-hydrogen) atoms. The maximum absolute atomic E-state index is 12.9. The zero-order valence-electron chi connectivity index (χ0n) is 16.6. The zero-order valence-corrected chi connectivity index (χ0v) is 16.6. The summed E-state index contributed by atoms with van der Waals surface area (Å²) in [6.07, 6.45) is 2.08. The van der Waals surface area contributed by atoms with Crippen molar-refractivity contribution in [2.24, 2.45) is 0 Å².